The van der Waals surface area contributed by atoms with Crippen LogP contribution in [0.2, 0.25) is 5.02 Å². The molecule has 0 radical (unpaired) electrons. The van der Waals surface area contributed by atoms with Gasteiger partial charge in [0.15, 0.2) is 5.11 Å². The van der Waals surface area contributed by atoms with Crippen LogP contribution in [0.5, 0.6) is 0 Å². The lowest BCUT2D eigenvalue weighted by Crippen LogP contribution is -2.48. The second-order valence-corrected chi connectivity index (χ2v) is 11.5. The Hall–Kier alpha value is -2.51. The van der Waals surface area contributed by atoms with Gasteiger partial charge in [-0.3, -0.25) is 4.79 Å². The first kappa shape index (κ1) is 22.0. The molecule has 34 heavy (non-hydrogen) atoms. The monoisotopic (exact) mass is 493 g/mol. The minimum absolute atomic E-state index is 0.0303. The number of hydrogen-bond acceptors (Lipinski definition) is 4. The lowest BCUT2D eigenvalue weighted by molar-refractivity contribution is -0.127. The Labute approximate surface area is 209 Å². The number of fused-ring (bicyclic) bond motifs is 1. The number of amides is 1. The number of nitrogens with zero attached hydrogens (tertiary/aromatic N) is 3. The van der Waals surface area contributed by atoms with Crippen LogP contribution in [-0.4, -0.2) is 26.0 Å². The molecule has 0 aliphatic heterocycles. The van der Waals surface area contributed by atoms with Gasteiger partial charge in [-0.25, -0.2) is 0 Å². The number of nitrogens with one attached hydrogen (secondary N) is 2. The van der Waals surface area contributed by atoms with E-state index in [0.717, 1.165) is 45.7 Å². The molecule has 4 aliphatic carbocycles. The quantitative estimate of drug-likeness (QED) is 0.449. The van der Waals surface area contributed by atoms with Crippen molar-refractivity contribution in [3.63, 3.8) is 0 Å². The van der Waals surface area contributed by atoms with Crippen LogP contribution in [0.15, 0.2) is 36.4 Å². The highest BCUT2D eigenvalue weighted by molar-refractivity contribution is 7.80. The zero-order valence-corrected chi connectivity index (χ0v) is 20.8. The molecule has 7 rings (SSSR count). The smallest absolute Gasteiger partial charge is 0.226 e. The predicted molar refractivity (Wildman–Crippen MR) is 138 cm³/mol. The number of rotatable bonds is 4. The molecule has 1 heterocycles. The molecule has 1 amide bonds. The van der Waals surface area contributed by atoms with Crippen LogP contribution in [0.3, 0.4) is 0 Å². The summed E-state index contributed by atoms with van der Waals surface area (Å²) in [7, 11) is 0. The van der Waals surface area contributed by atoms with Gasteiger partial charge in [0, 0.05) is 17.1 Å². The van der Waals surface area contributed by atoms with Gasteiger partial charge >= 0.3 is 0 Å². The molecular formula is C26H28ClN5OS. The zero-order valence-electron chi connectivity index (χ0n) is 19.2. The third-order valence-electron chi connectivity index (χ3n) is 7.98. The fourth-order valence-corrected chi connectivity index (χ4v) is 7.40. The molecule has 4 aliphatic rings. The van der Waals surface area contributed by atoms with Gasteiger partial charge in [-0.15, -0.1) is 10.2 Å². The summed E-state index contributed by atoms with van der Waals surface area (Å²) in [5.41, 5.74) is 4.26. The Morgan fingerprint density at radius 3 is 2.41 bits per heavy atom. The summed E-state index contributed by atoms with van der Waals surface area (Å²) in [5, 5.41) is 16.2. The third kappa shape index (κ3) is 4.20. The number of aryl methyl sites for hydroxylation is 1. The molecule has 3 aromatic rings. The average molecular weight is 494 g/mol. The molecule has 176 valence electrons. The van der Waals surface area contributed by atoms with Crippen molar-refractivity contribution in [1.29, 1.82) is 0 Å². The molecule has 4 fully saturated rings. The van der Waals surface area contributed by atoms with Crippen LogP contribution in [0.4, 0.5) is 5.69 Å². The SMILES string of the molecule is Cc1ccc(-n2nc3ccc(NC(=S)NC(=O)CC45CC6CC(CC(C6)C4)C5)cc3n2)cc1Cl. The topological polar surface area (TPSA) is 71.8 Å². The normalized spacial score (nSPS) is 27.2. The molecule has 0 saturated heterocycles. The van der Waals surface area contributed by atoms with Gasteiger partial charge in [0.1, 0.15) is 11.0 Å². The van der Waals surface area contributed by atoms with Gasteiger partial charge in [0.05, 0.1) is 5.69 Å². The number of thiocarbonyl (C=S) groups is 1. The lowest BCUT2D eigenvalue weighted by Gasteiger charge is -2.56. The second kappa shape index (κ2) is 8.31. The largest absolute Gasteiger partial charge is 0.332 e. The van der Waals surface area contributed by atoms with Crippen molar-refractivity contribution in [2.45, 2.75) is 51.9 Å². The van der Waals surface area contributed by atoms with E-state index >= 15 is 0 Å². The van der Waals surface area contributed by atoms with Crippen molar-refractivity contribution in [3.8, 4) is 5.69 Å². The minimum Gasteiger partial charge on any atom is -0.332 e. The number of carbonyl (C=O) groups is 1. The zero-order chi connectivity index (χ0) is 23.4. The van der Waals surface area contributed by atoms with Crippen LogP contribution < -0.4 is 10.6 Å². The Balaban J connectivity index is 1.11. The molecule has 4 saturated carbocycles. The number of anilines is 1. The van der Waals surface area contributed by atoms with Gasteiger partial charge in [0.25, 0.3) is 0 Å². The highest BCUT2D eigenvalue weighted by Crippen LogP contribution is 2.61. The molecule has 4 bridgehead atoms. The van der Waals surface area contributed by atoms with Crippen LogP contribution in [0.25, 0.3) is 16.7 Å². The predicted octanol–water partition coefficient (Wildman–Crippen LogP) is 5.80. The maximum absolute atomic E-state index is 12.9. The first-order valence-electron chi connectivity index (χ1n) is 12.1. The van der Waals surface area contributed by atoms with Gasteiger partial charge in [-0.1, -0.05) is 17.7 Å². The summed E-state index contributed by atoms with van der Waals surface area (Å²) >= 11 is 11.7. The Morgan fingerprint density at radius 1 is 1.06 bits per heavy atom. The van der Waals surface area contributed by atoms with Crippen molar-refractivity contribution in [2.24, 2.45) is 23.2 Å². The Morgan fingerprint density at radius 2 is 1.74 bits per heavy atom. The van der Waals surface area contributed by atoms with E-state index in [1.54, 1.807) is 4.80 Å². The van der Waals surface area contributed by atoms with E-state index in [1.807, 2.05) is 43.3 Å². The number of aromatic nitrogens is 3. The number of hydrogen-bond donors (Lipinski definition) is 2. The van der Waals surface area contributed by atoms with E-state index in [2.05, 4.69) is 20.8 Å². The molecule has 2 N–H and O–H groups in total. The van der Waals surface area contributed by atoms with Gasteiger partial charge in [-0.2, -0.15) is 4.80 Å². The minimum atomic E-state index is 0.0303. The third-order valence-corrected chi connectivity index (χ3v) is 8.59. The maximum atomic E-state index is 12.9. The molecule has 0 unspecified atom stereocenters. The van der Waals surface area contributed by atoms with Gasteiger partial charge in [0.2, 0.25) is 5.91 Å². The second-order valence-electron chi connectivity index (χ2n) is 10.7. The van der Waals surface area contributed by atoms with E-state index < -0.39 is 0 Å². The van der Waals surface area contributed by atoms with Crippen LogP contribution in [-0.2, 0) is 4.79 Å². The van der Waals surface area contributed by atoms with E-state index in [-0.39, 0.29) is 11.3 Å². The average Bonchev–Trinajstić information content (AvgIpc) is 3.17. The summed E-state index contributed by atoms with van der Waals surface area (Å²) in [5.74, 6) is 2.53. The van der Waals surface area contributed by atoms with E-state index in [0.29, 0.717) is 16.6 Å². The number of carbonyl (C=O) groups excluding carboxylic acids is 1. The summed E-state index contributed by atoms with van der Waals surface area (Å²) in [6, 6.07) is 11.4. The Kier molecular flexibility index (Phi) is 5.37. The fourth-order valence-electron chi connectivity index (χ4n) is 6.99. The van der Waals surface area contributed by atoms with Crippen molar-refractivity contribution in [1.82, 2.24) is 20.3 Å². The first-order valence-corrected chi connectivity index (χ1v) is 12.9. The molecule has 0 atom stereocenters. The van der Waals surface area contributed by atoms with Crippen LogP contribution >= 0.6 is 23.8 Å². The molecule has 1 aromatic heterocycles. The number of halogens is 1. The van der Waals surface area contributed by atoms with Gasteiger partial charge in [-0.05, 0) is 117 Å². The van der Waals surface area contributed by atoms with Crippen molar-refractivity contribution < 1.29 is 4.79 Å². The fraction of sp³-hybridized carbons (Fsp3) is 0.462. The molecule has 8 heteroatoms. The molecular weight excluding hydrogens is 466 g/mol. The highest BCUT2D eigenvalue weighted by Gasteiger charge is 2.51. The van der Waals surface area contributed by atoms with E-state index in [4.69, 9.17) is 23.8 Å². The summed E-state index contributed by atoms with van der Waals surface area (Å²) in [4.78, 5) is 14.5. The lowest BCUT2D eigenvalue weighted by atomic mass is 9.49. The highest BCUT2D eigenvalue weighted by atomic mass is 35.5. The van der Waals surface area contributed by atoms with Crippen LogP contribution in [0, 0.1) is 30.1 Å². The molecule has 0 spiro atoms. The number of benzene rings is 2. The maximum Gasteiger partial charge on any atom is 0.226 e. The molecule has 2 aromatic carbocycles. The van der Waals surface area contributed by atoms with Crippen LogP contribution in [0.1, 0.15) is 50.5 Å². The van der Waals surface area contributed by atoms with Crippen molar-refractivity contribution in [2.75, 3.05) is 5.32 Å². The van der Waals surface area contributed by atoms with Gasteiger partial charge < -0.3 is 10.6 Å². The summed E-state index contributed by atoms with van der Waals surface area (Å²) < 4.78 is 0. The standard InChI is InChI=1S/C26H28ClN5OS/c1-15-2-4-20(10-21(15)27)32-30-22-5-3-19(9-23(22)31-32)28-25(34)29-24(33)14-26-11-16-6-17(12-26)8-18(7-16)13-26/h2-5,9-10,16-18H,6-8,11-14H2,1H3,(H2,28,29,33,34). The molecule has 6 nitrogen and oxygen atoms in total. The van der Waals surface area contributed by atoms with Crippen molar-refractivity contribution >= 4 is 51.6 Å². The summed E-state index contributed by atoms with van der Waals surface area (Å²) in [6.45, 7) is 1.96. The van der Waals surface area contributed by atoms with E-state index in [9.17, 15) is 4.79 Å². The Bertz CT molecular complexity index is 1270. The summed E-state index contributed by atoms with van der Waals surface area (Å²) in [6.07, 6.45) is 8.37. The first-order chi connectivity index (χ1) is 16.3. The van der Waals surface area contributed by atoms with Crippen molar-refractivity contribution in [3.05, 3.63) is 47.0 Å². The van der Waals surface area contributed by atoms with E-state index in [1.165, 1.54) is 38.5 Å².